The average Bonchev–Trinajstić information content (AvgIpc) is 2.57. The van der Waals surface area contributed by atoms with Crippen LogP contribution in [0.1, 0.15) is 30.4 Å². The molecule has 6 heteroatoms. The molecule has 1 N–H and O–H groups in total. The zero-order valence-corrected chi connectivity index (χ0v) is 13.9. The van der Waals surface area contributed by atoms with Crippen LogP contribution in [0.4, 0.5) is 13.2 Å². The molecule has 1 atom stereocenters. The van der Waals surface area contributed by atoms with E-state index in [4.69, 9.17) is 9.84 Å². The molecule has 0 saturated carbocycles. The topological polar surface area (TPSA) is 32.7 Å². The van der Waals surface area contributed by atoms with Gasteiger partial charge in [0.25, 0.3) is 0 Å². The lowest BCUT2D eigenvalue weighted by atomic mass is 9.90. The first kappa shape index (κ1) is 19.2. The Kier molecular flexibility index (Phi) is 7.52. The summed E-state index contributed by atoms with van der Waals surface area (Å²) in [5.41, 5.74) is -0.108. The molecule has 1 heterocycles. The molecule has 2 rings (SSSR count). The zero-order valence-electron chi connectivity index (χ0n) is 13.9. The van der Waals surface area contributed by atoms with E-state index in [0.717, 1.165) is 38.9 Å². The van der Waals surface area contributed by atoms with Crippen LogP contribution in [0.15, 0.2) is 24.3 Å². The molecule has 24 heavy (non-hydrogen) atoms. The minimum Gasteiger partial charge on any atom is -0.394 e. The molecular formula is C18H26F3NO2. The van der Waals surface area contributed by atoms with Crippen LogP contribution in [0.3, 0.4) is 0 Å². The number of rotatable bonds is 8. The van der Waals surface area contributed by atoms with E-state index in [1.165, 1.54) is 12.1 Å². The summed E-state index contributed by atoms with van der Waals surface area (Å²) in [5, 5.41) is 8.68. The predicted octanol–water partition coefficient (Wildman–Crippen LogP) is 3.36. The van der Waals surface area contributed by atoms with E-state index >= 15 is 0 Å². The second-order valence-electron chi connectivity index (χ2n) is 6.34. The first-order valence-electron chi connectivity index (χ1n) is 8.56. The van der Waals surface area contributed by atoms with Gasteiger partial charge in [-0.2, -0.15) is 13.2 Å². The Morgan fingerprint density at radius 2 is 2.00 bits per heavy atom. The van der Waals surface area contributed by atoms with Crippen molar-refractivity contribution in [3.63, 3.8) is 0 Å². The summed E-state index contributed by atoms with van der Waals surface area (Å²) in [7, 11) is 0. The van der Waals surface area contributed by atoms with Gasteiger partial charge in [0, 0.05) is 13.1 Å². The normalized spacial score (nSPS) is 19.6. The number of ether oxygens (including phenoxy) is 1. The van der Waals surface area contributed by atoms with Crippen LogP contribution in [0, 0.1) is 5.92 Å². The summed E-state index contributed by atoms with van der Waals surface area (Å²) < 4.78 is 44.4. The van der Waals surface area contributed by atoms with Crippen LogP contribution in [0.25, 0.3) is 0 Å². The van der Waals surface area contributed by atoms with Gasteiger partial charge >= 0.3 is 6.18 Å². The van der Waals surface area contributed by atoms with Crippen molar-refractivity contribution in [2.45, 2.75) is 31.9 Å². The number of hydrogen-bond donors (Lipinski definition) is 1. The lowest BCUT2D eigenvalue weighted by Gasteiger charge is -2.32. The predicted molar refractivity (Wildman–Crippen MR) is 86.8 cm³/mol. The highest BCUT2D eigenvalue weighted by Crippen LogP contribution is 2.33. The average molecular weight is 345 g/mol. The molecule has 3 nitrogen and oxygen atoms in total. The minimum absolute atomic E-state index is 0.0290. The van der Waals surface area contributed by atoms with Crippen molar-refractivity contribution in [3.8, 4) is 0 Å². The molecule has 1 aromatic carbocycles. The van der Waals surface area contributed by atoms with Crippen molar-refractivity contribution in [2.24, 2.45) is 5.92 Å². The van der Waals surface area contributed by atoms with Crippen LogP contribution in [0.2, 0.25) is 0 Å². The number of piperidine rings is 1. The lowest BCUT2D eigenvalue weighted by molar-refractivity contribution is -0.138. The number of nitrogens with zero attached hydrogens (tertiary/aromatic N) is 1. The molecule has 0 aromatic heterocycles. The monoisotopic (exact) mass is 345 g/mol. The van der Waals surface area contributed by atoms with Gasteiger partial charge in [-0.1, -0.05) is 18.2 Å². The van der Waals surface area contributed by atoms with Crippen molar-refractivity contribution in [2.75, 3.05) is 39.5 Å². The maximum absolute atomic E-state index is 13.0. The highest BCUT2D eigenvalue weighted by molar-refractivity contribution is 5.29. The number of aryl methyl sites for hydroxylation is 1. The van der Waals surface area contributed by atoms with Gasteiger partial charge in [0.15, 0.2) is 0 Å². The fourth-order valence-corrected chi connectivity index (χ4v) is 3.32. The van der Waals surface area contributed by atoms with Crippen LogP contribution in [-0.2, 0) is 17.3 Å². The smallest absolute Gasteiger partial charge is 0.394 e. The summed E-state index contributed by atoms with van der Waals surface area (Å²) >= 11 is 0. The molecule has 0 unspecified atom stereocenters. The fourth-order valence-electron chi connectivity index (χ4n) is 3.32. The number of halogens is 3. The van der Waals surface area contributed by atoms with Crippen LogP contribution < -0.4 is 0 Å². The number of benzene rings is 1. The fraction of sp³-hybridized carbons (Fsp3) is 0.667. The largest absolute Gasteiger partial charge is 0.416 e. The number of likely N-dealkylation sites (tertiary alicyclic amines) is 1. The molecule has 1 aliphatic heterocycles. The van der Waals surface area contributed by atoms with E-state index < -0.39 is 11.7 Å². The number of hydrogen-bond acceptors (Lipinski definition) is 3. The second kappa shape index (κ2) is 9.39. The molecule has 1 saturated heterocycles. The molecule has 136 valence electrons. The van der Waals surface area contributed by atoms with Crippen molar-refractivity contribution in [3.05, 3.63) is 35.4 Å². The zero-order chi connectivity index (χ0) is 17.4. The second-order valence-corrected chi connectivity index (χ2v) is 6.34. The third kappa shape index (κ3) is 6.07. The highest BCUT2D eigenvalue weighted by Gasteiger charge is 2.33. The van der Waals surface area contributed by atoms with Crippen molar-refractivity contribution in [1.29, 1.82) is 0 Å². The Labute approximate surface area is 141 Å². The van der Waals surface area contributed by atoms with Gasteiger partial charge < -0.3 is 14.7 Å². The molecule has 1 aromatic rings. The van der Waals surface area contributed by atoms with E-state index in [-0.39, 0.29) is 6.61 Å². The van der Waals surface area contributed by atoms with Gasteiger partial charge in [-0.05, 0) is 49.8 Å². The van der Waals surface area contributed by atoms with Crippen LogP contribution in [0.5, 0.6) is 0 Å². The molecule has 0 aliphatic carbocycles. The summed E-state index contributed by atoms with van der Waals surface area (Å²) in [5.74, 6) is 0.429. The molecule has 0 spiro atoms. The van der Waals surface area contributed by atoms with Gasteiger partial charge in [-0.15, -0.1) is 0 Å². The Morgan fingerprint density at radius 1 is 1.21 bits per heavy atom. The SMILES string of the molecule is OCCOCCN1CCC[C@@H](CCc2ccccc2C(F)(F)F)C1. The molecule has 0 amide bonds. The van der Waals surface area contributed by atoms with Gasteiger partial charge in [0.1, 0.15) is 0 Å². The standard InChI is InChI=1S/C18H26F3NO2/c19-18(20,21)17-6-2-1-5-16(17)8-7-15-4-3-9-22(14-15)10-12-24-13-11-23/h1-2,5-6,15,23H,3-4,7-14H2/t15-/m0/s1. The van der Waals surface area contributed by atoms with Crippen molar-refractivity contribution < 1.29 is 23.0 Å². The summed E-state index contributed by atoms with van der Waals surface area (Å²) in [6.45, 7) is 3.71. The molecule has 1 fully saturated rings. The Bertz CT molecular complexity index is 493. The first-order valence-corrected chi connectivity index (χ1v) is 8.56. The molecular weight excluding hydrogens is 319 g/mol. The van der Waals surface area contributed by atoms with E-state index in [2.05, 4.69) is 4.90 Å². The number of aliphatic hydroxyl groups is 1. The Balaban J connectivity index is 1.82. The summed E-state index contributed by atoms with van der Waals surface area (Å²) in [6, 6.07) is 5.88. The van der Waals surface area contributed by atoms with Gasteiger partial charge in [-0.3, -0.25) is 0 Å². The van der Waals surface area contributed by atoms with Crippen molar-refractivity contribution in [1.82, 2.24) is 4.90 Å². The van der Waals surface area contributed by atoms with Crippen LogP contribution in [-0.4, -0.2) is 49.5 Å². The quantitative estimate of drug-likeness (QED) is 0.734. The first-order chi connectivity index (χ1) is 11.5. The van der Waals surface area contributed by atoms with Gasteiger partial charge in [-0.25, -0.2) is 0 Å². The third-order valence-electron chi connectivity index (χ3n) is 4.54. The van der Waals surface area contributed by atoms with E-state index in [0.29, 0.717) is 31.1 Å². The maximum atomic E-state index is 13.0. The Morgan fingerprint density at radius 3 is 2.75 bits per heavy atom. The van der Waals surface area contributed by atoms with Crippen LogP contribution >= 0.6 is 0 Å². The Hall–Kier alpha value is -1.11. The number of alkyl halides is 3. The molecule has 0 radical (unpaired) electrons. The summed E-state index contributed by atoms with van der Waals surface area (Å²) in [6.07, 6.45) is -0.886. The minimum atomic E-state index is -4.28. The highest BCUT2D eigenvalue weighted by atomic mass is 19.4. The van der Waals surface area contributed by atoms with E-state index in [9.17, 15) is 13.2 Å². The summed E-state index contributed by atoms with van der Waals surface area (Å²) in [4.78, 5) is 2.31. The van der Waals surface area contributed by atoms with Crippen molar-refractivity contribution >= 4 is 0 Å². The molecule has 0 bridgehead atoms. The van der Waals surface area contributed by atoms with Gasteiger partial charge in [0.05, 0.1) is 25.4 Å². The molecule has 1 aliphatic rings. The van der Waals surface area contributed by atoms with E-state index in [1.54, 1.807) is 12.1 Å². The third-order valence-corrected chi connectivity index (χ3v) is 4.54. The van der Waals surface area contributed by atoms with E-state index in [1.807, 2.05) is 0 Å². The van der Waals surface area contributed by atoms with Gasteiger partial charge in [0.2, 0.25) is 0 Å². The lowest BCUT2D eigenvalue weighted by Crippen LogP contribution is -2.37. The maximum Gasteiger partial charge on any atom is 0.416 e. The number of aliphatic hydroxyl groups excluding tert-OH is 1.